The number of nitrogens with zero attached hydrogens (tertiary/aromatic N) is 1. The lowest BCUT2D eigenvalue weighted by Crippen LogP contribution is -2.65. The van der Waals surface area contributed by atoms with Gasteiger partial charge in [0.25, 0.3) is 0 Å². The van der Waals surface area contributed by atoms with Gasteiger partial charge in [-0.2, -0.15) is 0 Å². The fraction of sp³-hybridized carbons (Fsp3) is 0.826. The van der Waals surface area contributed by atoms with Gasteiger partial charge >= 0.3 is 19.2 Å². The smallest absolute Gasteiger partial charge is 0.350 e. The Morgan fingerprint density at radius 3 is 2.00 bits per heavy atom. The van der Waals surface area contributed by atoms with Crippen molar-refractivity contribution in [1.82, 2.24) is 16.0 Å². The third-order valence-electron chi connectivity index (χ3n) is 8.32. The van der Waals surface area contributed by atoms with Gasteiger partial charge in [-0.1, -0.05) is 19.3 Å². The van der Waals surface area contributed by atoms with Crippen LogP contribution in [0.2, 0.25) is 0 Å². The van der Waals surface area contributed by atoms with Crippen molar-refractivity contribution in [3.05, 3.63) is 0 Å². The molecule has 0 aromatic rings. The standard InChI is InChI=1S/C23H38BN4O6/c1-25-10-7-14-5-3-4-6-16(14)18(20(29)30)26-22(33)24-23(34)27-19(21(31)32)17-13-28(2)11-8-15(17)9-12-28/h14-19,25H,3-13H2,1-2H3,(H3-,26,27,29,30,31,32,33,34)/p+1/t14?,15?,16-,17?,18?,19?,28?/m0/s1. The maximum absolute atomic E-state index is 12.6. The van der Waals surface area contributed by atoms with E-state index in [1.54, 1.807) is 0 Å². The molecule has 1 saturated carbocycles. The number of hydrogen-bond acceptors (Lipinski definition) is 5. The number of carboxylic acid groups (broad SMARTS) is 2. The van der Waals surface area contributed by atoms with Crippen molar-refractivity contribution >= 4 is 30.8 Å². The molecular weight excluding hydrogens is 439 g/mol. The highest BCUT2D eigenvalue weighted by Gasteiger charge is 2.49. The van der Waals surface area contributed by atoms with Crippen LogP contribution in [0.3, 0.4) is 0 Å². The van der Waals surface area contributed by atoms with Crippen LogP contribution in [0.1, 0.15) is 44.9 Å². The van der Waals surface area contributed by atoms with E-state index < -0.39 is 35.6 Å². The molecule has 1 aliphatic carbocycles. The number of hydrogen-bond donors (Lipinski definition) is 5. The number of piperidine rings is 3. The normalized spacial score (nSPS) is 32.3. The summed E-state index contributed by atoms with van der Waals surface area (Å²) in [6, 6.07) is -2.15. The van der Waals surface area contributed by atoms with Crippen molar-refractivity contribution in [2.24, 2.45) is 23.7 Å². The average Bonchev–Trinajstić information content (AvgIpc) is 2.79. The molecule has 0 aromatic carbocycles. The van der Waals surface area contributed by atoms with Gasteiger partial charge in [0.2, 0.25) is 0 Å². The summed E-state index contributed by atoms with van der Waals surface area (Å²) in [5.41, 5.74) is 0. The number of carboxylic acids is 2. The Labute approximate surface area is 202 Å². The van der Waals surface area contributed by atoms with Crippen LogP contribution in [0.4, 0.5) is 9.59 Å². The third-order valence-corrected chi connectivity index (χ3v) is 8.32. The predicted octanol–water partition coefficient (Wildman–Crippen LogP) is 0.919. The van der Waals surface area contributed by atoms with Gasteiger partial charge in [-0.25, -0.2) is 9.59 Å². The molecule has 3 aliphatic heterocycles. The maximum Gasteiger partial charge on any atom is 0.350 e. The van der Waals surface area contributed by atoms with Crippen LogP contribution in [-0.2, 0) is 9.59 Å². The molecular formula is C23H39BN4O6+. The summed E-state index contributed by atoms with van der Waals surface area (Å²) in [6.45, 7) is 3.49. The molecule has 0 spiro atoms. The predicted molar refractivity (Wildman–Crippen MR) is 127 cm³/mol. The van der Waals surface area contributed by atoms with Gasteiger partial charge in [-0.3, -0.25) is 9.59 Å². The van der Waals surface area contributed by atoms with Crippen LogP contribution in [0.25, 0.3) is 0 Å². The zero-order chi connectivity index (χ0) is 24.9. The van der Waals surface area contributed by atoms with E-state index in [1.165, 1.54) is 0 Å². The first kappa shape index (κ1) is 26.5. The molecule has 34 heavy (non-hydrogen) atoms. The molecule has 2 amide bonds. The second-order valence-corrected chi connectivity index (χ2v) is 10.6. The minimum absolute atomic E-state index is 0.175. The van der Waals surface area contributed by atoms with E-state index in [0.717, 1.165) is 69.9 Å². The summed E-state index contributed by atoms with van der Waals surface area (Å²) >= 11 is 0. The number of nitrogens with one attached hydrogen (secondary N) is 3. The molecule has 4 fully saturated rings. The molecule has 5 atom stereocenters. The molecule has 10 nitrogen and oxygen atoms in total. The van der Waals surface area contributed by atoms with E-state index in [4.69, 9.17) is 0 Å². The quantitative estimate of drug-likeness (QED) is 0.219. The van der Waals surface area contributed by atoms with Gasteiger partial charge in [-0.15, -0.1) is 0 Å². The fourth-order valence-corrected chi connectivity index (χ4v) is 6.43. The Balaban J connectivity index is 1.59. The highest BCUT2D eigenvalue weighted by Crippen LogP contribution is 2.38. The Morgan fingerprint density at radius 1 is 0.912 bits per heavy atom. The molecule has 4 aliphatic rings. The maximum atomic E-state index is 12.6. The molecule has 4 unspecified atom stereocenters. The first-order valence-corrected chi connectivity index (χ1v) is 12.5. The number of carbonyl (C=O) groups is 4. The summed E-state index contributed by atoms with van der Waals surface area (Å²) < 4.78 is 0.807. The van der Waals surface area contributed by atoms with Gasteiger partial charge in [0.1, 0.15) is 12.1 Å². The highest BCUT2D eigenvalue weighted by atomic mass is 16.4. The Bertz CT molecular complexity index is 773. The van der Waals surface area contributed by atoms with Crippen molar-refractivity contribution in [2.45, 2.75) is 57.0 Å². The fourth-order valence-electron chi connectivity index (χ4n) is 6.43. The van der Waals surface area contributed by atoms with Crippen molar-refractivity contribution in [2.75, 3.05) is 40.3 Å². The minimum Gasteiger partial charge on any atom is -0.480 e. The van der Waals surface area contributed by atoms with Crippen LogP contribution in [-0.4, -0.2) is 97.9 Å². The Kier molecular flexibility index (Phi) is 8.98. The van der Waals surface area contributed by atoms with E-state index in [9.17, 15) is 29.4 Å². The average molecular weight is 478 g/mol. The first-order chi connectivity index (χ1) is 16.1. The monoisotopic (exact) mass is 478 g/mol. The van der Waals surface area contributed by atoms with E-state index in [1.807, 2.05) is 7.05 Å². The van der Waals surface area contributed by atoms with Crippen LogP contribution in [0.5, 0.6) is 0 Å². The first-order valence-electron chi connectivity index (χ1n) is 12.5. The summed E-state index contributed by atoms with van der Waals surface area (Å²) in [6.07, 6.45) is 6.25. The zero-order valence-corrected chi connectivity index (χ0v) is 20.3. The lowest BCUT2D eigenvalue weighted by Gasteiger charge is -2.51. The SMILES string of the molecule is CNCCC1CCCC[C@@H]1C(NC(=O)[B]C(=O)NC(C(=O)O)C1C[N+]2(C)CCC1CC2)C(=O)O. The van der Waals surface area contributed by atoms with Crippen LogP contribution >= 0.6 is 0 Å². The Hall–Kier alpha value is -2.14. The largest absolute Gasteiger partial charge is 0.480 e. The van der Waals surface area contributed by atoms with Crippen molar-refractivity contribution in [1.29, 1.82) is 0 Å². The van der Waals surface area contributed by atoms with Crippen LogP contribution in [0.15, 0.2) is 0 Å². The number of fused-ring (bicyclic) bond motifs is 3. The second-order valence-electron chi connectivity index (χ2n) is 10.6. The van der Waals surface area contributed by atoms with Crippen molar-refractivity contribution < 1.29 is 33.9 Å². The van der Waals surface area contributed by atoms with Crippen LogP contribution in [0, 0.1) is 23.7 Å². The van der Waals surface area contributed by atoms with Crippen molar-refractivity contribution in [3.63, 3.8) is 0 Å². The van der Waals surface area contributed by atoms with Gasteiger partial charge in [0, 0.05) is 18.8 Å². The molecule has 11 heteroatoms. The summed E-state index contributed by atoms with van der Waals surface area (Å²) in [5.74, 6) is -3.80. The number of aliphatic carboxylic acids is 2. The van der Waals surface area contributed by atoms with E-state index in [0.29, 0.717) is 13.0 Å². The molecule has 2 bridgehead atoms. The van der Waals surface area contributed by atoms with E-state index in [-0.39, 0.29) is 23.7 Å². The second kappa shape index (κ2) is 11.5. The molecule has 4 rings (SSSR count). The topological polar surface area (TPSA) is 145 Å². The van der Waals surface area contributed by atoms with Gasteiger partial charge in [0.05, 0.1) is 26.7 Å². The summed E-state index contributed by atoms with van der Waals surface area (Å²) in [5, 5.41) is 27.7. The number of rotatable bonds is 11. The van der Waals surface area contributed by atoms with E-state index in [2.05, 4.69) is 23.0 Å². The van der Waals surface area contributed by atoms with E-state index >= 15 is 0 Å². The Morgan fingerprint density at radius 2 is 1.47 bits per heavy atom. The van der Waals surface area contributed by atoms with Crippen LogP contribution < -0.4 is 16.0 Å². The number of quaternary nitrogens is 1. The molecule has 5 N–H and O–H groups in total. The molecule has 3 heterocycles. The number of carbonyl (C=O) groups excluding carboxylic acids is 2. The van der Waals surface area contributed by atoms with Gasteiger partial charge in [0.15, 0.2) is 11.6 Å². The summed E-state index contributed by atoms with van der Waals surface area (Å²) in [4.78, 5) is 49.1. The zero-order valence-electron chi connectivity index (χ0n) is 20.3. The molecule has 1 radical (unpaired) electrons. The molecule has 3 saturated heterocycles. The molecule has 189 valence electrons. The lowest BCUT2D eigenvalue weighted by atomic mass is 9.70. The number of amides is 2. The highest BCUT2D eigenvalue weighted by molar-refractivity contribution is 6.96. The van der Waals surface area contributed by atoms with Gasteiger partial charge in [-0.05, 0) is 44.2 Å². The molecule has 0 aromatic heterocycles. The summed E-state index contributed by atoms with van der Waals surface area (Å²) in [7, 11) is 4.73. The third kappa shape index (κ3) is 6.50. The van der Waals surface area contributed by atoms with Gasteiger partial charge < -0.3 is 30.6 Å². The van der Waals surface area contributed by atoms with Crippen molar-refractivity contribution in [3.8, 4) is 0 Å². The lowest BCUT2D eigenvalue weighted by molar-refractivity contribution is -0.929. The minimum atomic E-state index is -1.11.